The van der Waals surface area contributed by atoms with E-state index >= 15 is 0 Å². The minimum absolute atomic E-state index is 0.199. The molecule has 1 fully saturated rings. The van der Waals surface area contributed by atoms with Crippen LogP contribution in [-0.4, -0.2) is 41.1 Å². The lowest BCUT2D eigenvalue weighted by molar-refractivity contribution is -0.155. The maximum absolute atomic E-state index is 12.8. The van der Waals surface area contributed by atoms with Gasteiger partial charge >= 0.3 is 5.69 Å². The van der Waals surface area contributed by atoms with Gasteiger partial charge in [0.1, 0.15) is 17.8 Å². The summed E-state index contributed by atoms with van der Waals surface area (Å²) in [4.78, 5) is 27.1. The van der Waals surface area contributed by atoms with Gasteiger partial charge in [0, 0.05) is 18.9 Å². The number of nitrogens with zero attached hydrogens (tertiary/aromatic N) is 1. The van der Waals surface area contributed by atoms with Crippen molar-refractivity contribution in [2.45, 2.75) is 50.6 Å². The molecule has 0 radical (unpaired) electrons. The molecule has 8 heteroatoms. The van der Waals surface area contributed by atoms with Crippen molar-refractivity contribution < 1.29 is 18.9 Å². The summed E-state index contributed by atoms with van der Waals surface area (Å²) in [6.45, 7) is 6.48. The van der Waals surface area contributed by atoms with Gasteiger partial charge in [0.05, 0.1) is 19.8 Å². The molecule has 1 N–H and O–H groups in total. The van der Waals surface area contributed by atoms with Gasteiger partial charge in [-0.1, -0.05) is 66.7 Å². The first-order chi connectivity index (χ1) is 17.5. The molecule has 0 unspecified atom stereocenters. The van der Waals surface area contributed by atoms with Gasteiger partial charge in [0.25, 0.3) is 5.56 Å². The molecule has 2 heterocycles. The fourth-order valence-corrected chi connectivity index (χ4v) is 4.62. The normalized spacial score (nSPS) is 23.6. The predicted molar refractivity (Wildman–Crippen MR) is 136 cm³/mol. The van der Waals surface area contributed by atoms with E-state index in [-0.39, 0.29) is 6.61 Å². The number of aryl methyl sites for hydroxylation is 1. The molecule has 2 aromatic carbocycles. The molecule has 0 saturated carbocycles. The van der Waals surface area contributed by atoms with Crippen LogP contribution in [0.1, 0.15) is 29.3 Å². The van der Waals surface area contributed by atoms with E-state index < -0.39 is 35.3 Å². The van der Waals surface area contributed by atoms with E-state index in [4.69, 9.17) is 18.9 Å². The zero-order chi connectivity index (χ0) is 25.5. The molecule has 4 atom stereocenters. The molecular formula is C28H32N2O6. The first kappa shape index (κ1) is 25.8. The zero-order valence-corrected chi connectivity index (χ0v) is 20.6. The van der Waals surface area contributed by atoms with Gasteiger partial charge in [0.2, 0.25) is 0 Å². The Hall–Kier alpha value is -3.30. The third kappa shape index (κ3) is 5.42. The molecule has 0 aliphatic carbocycles. The van der Waals surface area contributed by atoms with Gasteiger partial charge in [-0.15, -0.1) is 6.58 Å². The Morgan fingerprint density at radius 3 is 2.31 bits per heavy atom. The second-order valence-corrected chi connectivity index (χ2v) is 8.87. The predicted octanol–water partition coefficient (Wildman–Crippen LogP) is 3.51. The summed E-state index contributed by atoms with van der Waals surface area (Å²) < 4.78 is 26.4. The number of H-pyrrole nitrogens is 1. The van der Waals surface area contributed by atoms with E-state index in [1.165, 1.54) is 10.8 Å². The average molecular weight is 493 g/mol. The van der Waals surface area contributed by atoms with Crippen LogP contribution >= 0.6 is 0 Å². The van der Waals surface area contributed by atoms with Gasteiger partial charge in [-0.2, -0.15) is 0 Å². The summed E-state index contributed by atoms with van der Waals surface area (Å²) in [6, 6.07) is 19.6. The van der Waals surface area contributed by atoms with Crippen LogP contribution in [0.25, 0.3) is 0 Å². The van der Waals surface area contributed by atoms with Crippen molar-refractivity contribution in [3.8, 4) is 0 Å². The summed E-state index contributed by atoms with van der Waals surface area (Å²) in [7, 11) is 1.56. The van der Waals surface area contributed by atoms with Crippen molar-refractivity contribution in [2.75, 3.05) is 13.7 Å². The van der Waals surface area contributed by atoms with Crippen molar-refractivity contribution >= 4 is 0 Å². The first-order valence-corrected chi connectivity index (χ1v) is 11.9. The number of rotatable bonds is 11. The van der Waals surface area contributed by atoms with Crippen molar-refractivity contribution in [3.63, 3.8) is 0 Å². The van der Waals surface area contributed by atoms with Crippen molar-refractivity contribution in [3.05, 3.63) is 117 Å². The monoisotopic (exact) mass is 492 g/mol. The highest BCUT2D eigenvalue weighted by molar-refractivity contribution is 5.16. The third-order valence-corrected chi connectivity index (χ3v) is 6.46. The van der Waals surface area contributed by atoms with E-state index in [2.05, 4.69) is 11.6 Å². The highest BCUT2D eigenvalue weighted by atomic mass is 16.6. The second kappa shape index (κ2) is 11.6. The van der Waals surface area contributed by atoms with Gasteiger partial charge in [-0.25, -0.2) is 4.79 Å². The van der Waals surface area contributed by atoms with E-state index in [1.807, 2.05) is 60.7 Å². The number of aromatic nitrogens is 2. The molecule has 1 aliphatic rings. The molecule has 36 heavy (non-hydrogen) atoms. The molecule has 1 aromatic heterocycles. The Labute approximate surface area is 210 Å². The van der Waals surface area contributed by atoms with E-state index in [9.17, 15) is 9.59 Å². The standard InChI is InChI=1S/C28H32N2O6/c1-4-15-28(35-18-22-13-9-6-10-14-22)23(19-34-17-21-11-7-5-8-12-21)36-26(24(28)33-3)30-16-20(2)25(31)29-27(30)32/h4-14,16,23-24,26H,1,15,17-19H2,2-3H3,(H,29,31,32)/t23-,24+,26-,28-/m1/s1. The maximum atomic E-state index is 12.8. The lowest BCUT2D eigenvalue weighted by atomic mass is 9.87. The molecule has 0 bridgehead atoms. The van der Waals surface area contributed by atoms with Gasteiger partial charge in [-0.3, -0.25) is 14.3 Å². The molecule has 1 aliphatic heterocycles. The van der Waals surface area contributed by atoms with Gasteiger partial charge < -0.3 is 18.9 Å². The summed E-state index contributed by atoms with van der Waals surface area (Å²) in [6.07, 6.45) is 1.52. The number of hydrogen-bond donors (Lipinski definition) is 1. The molecule has 0 amide bonds. The molecule has 0 spiro atoms. The zero-order valence-electron chi connectivity index (χ0n) is 20.6. The van der Waals surface area contributed by atoms with Crippen LogP contribution in [0.3, 0.4) is 0 Å². The molecule has 4 rings (SSSR count). The first-order valence-electron chi connectivity index (χ1n) is 11.9. The van der Waals surface area contributed by atoms with Crippen molar-refractivity contribution in [2.24, 2.45) is 0 Å². The van der Waals surface area contributed by atoms with Crippen LogP contribution in [-0.2, 0) is 32.2 Å². The fourth-order valence-electron chi connectivity index (χ4n) is 4.62. The highest BCUT2D eigenvalue weighted by Gasteiger charge is 2.58. The van der Waals surface area contributed by atoms with Gasteiger partial charge in [0.15, 0.2) is 6.23 Å². The second-order valence-electron chi connectivity index (χ2n) is 8.87. The Kier molecular flexibility index (Phi) is 8.32. The molecule has 190 valence electrons. The number of aromatic amines is 1. The quantitative estimate of drug-likeness (QED) is 0.412. The van der Waals surface area contributed by atoms with Crippen LogP contribution in [0.2, 0.25) is 0 Å². The minimum Gasteiger partial charge on any atom is -0.374 e. The third-order valence-electron chi connectivity index (χ3n) is 6.46. The van der Waals surface area contributed by atoms with Crippen molar-refractivity contribution in [1.29, 1.82) is 0 Å². The van der Waals surface area contributed by atoms with Crippen LogP contribution in [0.15, 0.2) is 89.1 Å². The minimum atomic E-state index is -1.00. The lowest BCUT2D eigenvalue weighted by Gasteiger charge is -2.37. The summed E-state index contributed by atoms with van der Waals surface area (Å²) in [5.41, 5.74) is 0.374. The number of benzene rings is 2. The smallest absolute Gasteiger partial charge is 0.330 e. The van der Waals surface area contributed by atoms with E-state index in [0.29, 0.717) is 25.2 Å². The Bertz CT molecular complexity index is 1260. The average Bonchev–Trinajstić information content (AvgIpc) is 3.19. The fraction of sp³-hybridized carbons (Fsp3) is 0.357. The maximum Gasteiger partial charge on any atom is 0.330 e. The molecule has 1 saturated heterocycles. The van der Waals surface area contributed by atoms with Crippen LogP contribution in [0.4, 0.5) is 0 Å². The van der Waals surface area contributed by atoms with E-state index in [0.717, 1.165) is 11.1 Å². The van der Waals surface area contributed by atoms with Crippen LogP contribution < -0.4 is 11.2 Å². The lowest BCUT2D eigenvalue weighted by Crippen LogP contribution is -2.52. The number of ether oxygens (including phenoxy) is 4. The topological polar surface area (TPSA) is 91.8 Å². The Morgan fingerprint density at radius 2 is 1.69 bits per heavy atom. The number of nitrogens with one attached hydrogen (secondary N) is 1. The molecule has 8 nitrogen and oxygen atoms in total. The Morgan fingerprint density at radius 1 is 1.06 bits per heavy atom. The van der Waals surface area contributed by atoms with Crippen molar-refractivity contribution in [1.82, 2.24) is 9.55 Å². The molecular weight excluding hydrogens is 460 g/mol. The number of methoxy groups -OCH3 is 1. The highest BCUT2D eigenvalue weighted by Crippen LogP contribution is 2.44. The van der Waals surface area contributed by atoms with Crippen LogP contribution in [0.5, 0.6) is 0 Å². The molecule has 3 aromatic rings. The van der Waals surface area contributed by atoms with Gasteiger partial charge in [-0.05, 0) is 24.5 Å². The SMILES string of the molecule is C=CC[C@@]1(OCc2ccccc2)[C@@H](COCc2ccccc2)O[C@@H](n2cc(C)c(=O)[nH]c2=O)[C@@H]1OC. The number of hydrogen-bond acceptors (Lipinski definition) is 6. The summed E-state index contributed by atoms with van der Waals surface area (Å²) in [5, 5.41) is 0. The summed E-state index contributed by atoms with van der Waals surface area (Å²) in [5.74, 6) is 0. The van der Waals surface area contributed by atoms with E-state index in [1.54, 1.807) is 20.1 Å². The van der Waals surface area contributed by atoms with Crippen LogP contribution in [0, 0.1) is 6.92 Å². The Balaban J connectivity index is 1.68. The largest absolute Gasteiger partial charge is 0.374 e. The summed E-state index contributed by atoms with van der Waals surface area (Å²) >= 11 is 0.